The number of esters is 1. The van der Waals surface area contributed by atoms with E-state index in [4.69, 9.17) is 9.47 Å². The van der Waals surface area contributed by atoms with Gasteiger partial charge in [0.1, 0.15) is 17.7 Å². The standard InChI is InChI=1S/C28H45N3O6/c1-10-36-23(32)14-15-29-25(33)24(21-13-11-12-20(6)17-21)31(19(4)5)26(34)22(16-18(2)3)30-27(35)37-28(7,8)9/h11-13,17-19,22,24H,10,14-16H2,1-9H3,(H,29,33)(H,30,35). The fraction of sp³-hybridized carbons (Fsp3) is 0.643. The van der Waals surface area contributed by atoms with Crippen LogP contribution in [-0.4, -0.2) is 59.6 Å². The number of nitrogens with one attached hydrogen (secondary N) is 2. The zero-order valence-corrected chi connectivity index (χ0v) is 23.8. The van der Waals surface area contributed by atoms with Crippen molar-refractivity contribution in [2.45, 2.75) is 98.9 Å². The van der Waals surface area contributed by atoms with E-state index in [0.29, 0.717) is 12.0 Å². The van der Waals surface area contributed by atoms with Crippen molar-refractivity contribution in [3.8, 4) is 0 Å². The number of hydrogen-bond donors (Lipinski definition) is 2. The molecule has 9 nitrogen and oxygen atoms in total. The highest BCUT2D eigenvalue weighted by Gasteiger charge is 2.38. The molecule has 0 fully saturated rings. The molecule has 0 saturated carbocycles. The number of nitrogens with zero attached hydrogens (tertiary/aromatic N) is 1. The van der Waals surface area contributed by atoms with Crippen molar-refractivity contribution in [2.75, 3.05) is 13.2 Å². The molecular weight excluding hydrogens is 474 g/mol. The Balaban J connectivity index is 3.37. The van der Waals surface area contributed by atoms with Gasteiger partial charge < -0.3 is 25.0 Å². The number of amides is 3. The Kier molecular flexibility index (Phi) is 12.6. The number of alkyl carbamates (subject to hydrolysis) is 1. The Morgan fingerprint density at radius 3 is 2.22 bits per heavy atom. The van der Waals surface area contributed by atoms with Crippen LogP contribution in [0.3, 0.4) is 0 Å². The van der Waals surface area contributed by atoms with Crippen molar-refractivity contribution in [3.05, 3.63) is 35.4 Å². The molecular formula is C28H45N3O6. The van der Waals surface area contributed by atoms with Gasteiger partial charge in [0.05, 0.1) is 13.0 Å². The molecule has 1 aromatic rings. The third kappa shape index (κ3) is 11.2. The summed E-state index contributed by atoms with van der Waals surface area (Å²) in [6.07, 6.45) is -0.306. The van der Waals surface area contributed by atoms with Gasteiger partial charge in [-0.3, -0.25) is 14.4 Å². The van der Waals surface area contributed by atoms with E-state index in [2.05, 4.69) is 10.6 Å². The lowest BCUT2D eigenvalue weighted by Crippen LogP contribution is -2.55. The fourth-order valence-corrected chi connectivity index (χ4v) is 3.90. The van der Waals surface area contributed by atoms with E-state index < -0.39 is 35.7 Å². The molecule has 0 aliphatic rings. The molecule has 1 rings (SSSR count). The third-order valence-corrected chi connectivity index (χ3v) is 5.33. The first-order valence-corrected chi connectivity index (χ1v) is 13.0. The summed E-state index contributed by atoms with van der Waals surface area (Å²) in [4.78, 5) is 53.4. The lowest BCUT2D eigenvalue weighted by atomic mass is 9.97. The SMILES string of the molecule is CCOC(=O)CCNC(=O)C(c1cccc(C)c1)N(C(=O)C(CC(C)C)NC(=O)OC(C)(C)C)C(C)C. The van der Waals surface area contributed by atoms with E-state index in [1.165, 1.54) is 4.90 Å². The molecule has 2 N–H and O–H groups in total. The highest BCUT2D eigenvalue weighted by Crippen LogP contribution is 2.27. The van der Waals surface area contributed by atoms with Crippen LogP contribution in [-0.2, 0) is 23.9 Å². The summed E-state index contributed by atoms with van der Waals surface area (Å²) in [5.74, 6) is -1.13. The molecule has 0 heterocycles. The molecule has 2 atom stereocenters. The molecule has 0 saturated heterocycles. The average Bonchev–Trinajstić information content (AvgIpc) is 2.74. The fourth-order valence-electron chi connectivity index (χ4n) is 3.90. The van der Waals surface area contributed by atoms with Crippen molar-refractivity contribution in [1.82, 2.24) is 15.5 Å². The highest BCUT2D eigenvalue weighted by molar-refractivity contribution is 5.92. The van der Waals surface area contributed by atoms with E-state index in [-0.39, 0.29) is 37.4 Å². The van der Waals surface area contributed by atoms with Gasteiger partial charge in [-0.15, -0.1) is 0 Å². The van der Waals surface area contributed by atoms with Crippen LogP contribution in [0.5, 0.6) is 0 Å². The Morgan fingerprint density at radius 1 is 1.05 bits per heavy atom. The largest absolute Gasteiger partial charge is 0.466 e. The number of carbonyl (C=O) groups is 4. The first kappa shape index (κ1) is 31.9. The second-order valence-corrected chi connectivity index (χ2v) is 10.8. The number of aryl methyl sites for hydroxylation is 1. The van der Waals surface area contributed by atoms with Gasteiger partial charge >= 0.3 is 12.1 Å². The van der Waals surface area contributed by atoms with Crippen LogP contribution in [0.4, 0.5) is 4.79 Å². The van der Waals surface area contributed by atoms with Crippen LogP contribution in [0.25, 0.3) is 0 Å². The van der Waals surface area contributed by atoms with Crippen LogP contribution in [0.1, 0.15) is 85.4 Å². The van der Waals surface area contributed by atoms with Gasteiger partial charge in [-0.25, -0.2) is 4.79 Å². The molecule has 208 valence electrons. The Hall–Kier alpha value is -3.10. The van der Waals surface area contributed by atoms with Gasteiger partial charge in [0.15, 0.2) is 0 Å². The summed E-state index contributed by atoms with van der Waals surface area (Å²) in [5, 5.41) is 5.51. The molecule has 0 bridgehead atoms. The van der Waals surface area contributed by atoms with Crippen molar-refractivity contribution >= 4 is 23.9 Å². The molecule has 0 aliphatic carbocycles. The van der Waals surface area contributed by atoms with Gasteiger partial charge in [0, 0.05) is 12.6 Å². The summed E-state index contributed by atoms with van der Waals surface area (Å²) in [7, 11) is 0. The molecule has 3 amide bonds. The molecule has 2 unspecified atom stereocenters. The van der Waals surface area contributed by atoms with Crippen LogP contribution in [0.15, 0.2) is 24.3 Å². The number of benzene rings is 1. The minimum atomic E-state index is -0.968. The third-order valence-electron chi connectivity index (χ3n) is 5.33. The smallest absolute Gasteiger partial charge is 0.408 e. The van der Waals surface area contributed by atoms with Gasteiger partial charge in [-0.2, -0.15) is 0 Å². The van der Waals surface area contributed by atoms with E-state index in [1.807, 2.05) is 52.8 Å². The number of rotatable bonds is 12. The summed E-state index contributed by atoms with van der Waals surface area (Å²) in [6.45, 7) is 16.8. The monoisotopic (exact) mass is 519 g/mol. The molecule has 0 spiro atoms. The lowest BCUT2D eigenvalue weighted by Gasteiger charge is -2.37. The van der Waals surface area contributed by atoms with Gasteiger partial charge in [-0.1, -0.05) is 43.7 Å². The van der Waals surface area contributed by atoms with Gasteiger partial charge in [0.2, 0.25) is 11.8 Å². The second kappa shape index (κ2) is 14.6. The maximum absolute atomic E-state index is 14.0. The minimum Gasteiger partial charge on any atom is -0.466 e. The van der Waals surface area contributed by atoms with Crippen molar-refractivity contribution < 1.29 is 28.7 Å². The normalized spacial score (nSPS) is 13.1. The number of hydrogen-bond acceptors (Lipinski definition) is 6. The summed E-state index contributed by atoms with van der Waals surface area (Å²) in [5.41, 5.74) is 0.843. The topological polar surface area (TPSA) is 114 Å². The summed E-state index contributed by atoms with van der Waals surface area (Å²) < 4.78 is 10.3. The summed E-state index contributed by atoms with van der Waals surface area (Å²) >= 11 is 0. The summed E-state index contributed by atoms with van der Waals surface area (Å²) in [6, 6.07) is 5.16. The number of carbonyl (C=O) groups excluding carboxylic acids is 4. The lowest BCUT2D eigenvalue weighted by molar-refractivity contribution is -0.145. The zero-order valence-electron chi connectivity index (χ0n) is 23.8. The molecule has 1 aromatic carbocycles. The average molecular weight is 520 g/mol. The second-order valence-electron chi connectivity index (χ2n) is 10.8. The Bertz CT molecular complexity index is 923. The van der Waals surface area contributed by atoms with E-state index >= 15 is 0 Å². The van der Waals surface area contributed by atoms with Crippen LogP contribution >= 0.6 is 0 Å². The first-order chi connectivity index (χ1) is 17.2. The maximum atomic E-state index is 14.0. The molecule has 37 heavy (non-hydrogen) atoms. The van der Waals surface area contributed by atoms with Crippen molar-refractivity contribution in [3.63, 3.8) is 0 Å². The van der Waals surface area contributed by atoms with Crippen LogP contribution in [0.2, 0.25) is 0 Å². The first-order valence-electron chi connectivity index (χ1n) is 13.0. The molecule has 9 heteroatoms. The van der Waals surface area contributed by atoms with Gasteiger partial charge in [-0.05, 0) is 66.4 Å². The maximum Gasteiger partial charge on any atom is 0.408 e. The molecule has 0 aliphatic heterocycles. The zero-order chi connectivity index (χ0) is 28.3. The highest BCUT2D eigenvalue weighted by atomic mass is 16.6. The molecule has 0 aromatic heterocycles. The van der Waals surface area contributed by atoms with E-state index in [0.717, 1.165) is 5.56 Å². The van der Waals surface area contributed by atoms with E-state index in [9.17, 15) is 19.2 Å². The van der Waals surface area contributed by atoms with Crippen molar-refractivity contribution in [1.29, 1.82) is 0 Å². The van der Waals surface area contributed by atoms with Crippen molar-refractivity contribution in [2.24, 2.45) is 5.92 Å². The Labute approximate surface area is 221 Å². The van der Waals surface area contributed by atoms with Crippen LogP contribution < -0.4 is 10.6 Å². The predicted molar refractivity (Wildman–Crippen MR) is 143 cm³/mol. The quantitative estimate of drug-likeness (QED) is 0.399. The van der Waals surface area contributed by atoms with E-state index in [1.54, 1.807) is 33.8 Å². The van der Waals surface area contributed by atoms with Gasteiger partial charge in [0.25, 0.3) is 0 Å². The number of ether oxygens (including phenoxy) is 2. The van der Waals surface area contributed by atoms with Crippen LogP contribution in [0, 0.1) is 12.8 Å². The molecule has 0 radical (unpaired) electrons. The Morgan fingerprint density at radius 2 is 1.70 bits per heavy atom. The predicted octanol–water partition coefficient (Wildman–Crippen LogP) is 4.28. The minimum absolute atomic E-state index is 0.0198.